The van der Waals surface area contributed by atoms with Gasteiger partial charge >= 0.3 is 0 Å². The molecule has 3 rings (SSSR count). The summed E-state index contributed by atoms with van der Waals surface area (Å²) >= 11 is 6.01. The summed E-state index contributed by atoms with van der Waals surface area (Å²) < 4.78 is 23.6. The van der Waals surface area contributed by atoms with Crippen LogP contribution in [0.1, 0.15) is 62.0 Å². The summed E-state index contributed by atoms with van der Waals surface area (Å²) in [5, 5.41) is 20.2. The molecule has 1 heterocycles. The van der Waals surface area contributed by atoms with Gasteiger partial charge in [-0.15, -0.1) is 0 Å². The van der Waals surface area contributed by atoms with Crippen LogP contribution in [0.15, 0.2) is 47.4 Å². The van der Waals surface area contributed by atoms with Gasteiger partial charge in [-0.3, -0.25) is 9.59 Å². The van der Waals surface area contributed by atoms with Crippen LogP contribution in [0, 0.1) is 12.3 Å². The highest BCUT2D eigenvalue weighted by atomic mass is 35.5. The van der Waals surface area contributed by atoms with Gasteiger partial charge in [0.25, 0.3) is 5.91 Å². The minimum atomic E-state index is -3.98. The van der Waals surface area contributed by atoms with E-state index in [0.717, 1.165) is 5.56 Å². The summed E-state index contributed by atoms with van der Waals surface area (Å²) in [5.74, 6) is -0.658. The molecule has 36 heavy (non-hydrogen) atoms. The fourth-order valence-corrected chi connectivity index (χ4v) is 5.69. The van der Waals surface area contributed by atoms with Crippen molar-refractivity contribution in [2.75, 3.05) is 13.1 Å². The third kappa shape index (κ3) is 5.91. The second-order valence-corrected chi connectivity index (χ2v) is 12.8. The van der Waals surface area contributed by atoms with Crippen LogP contribution in [-0.2, 0) is 20.4 Å². The number of nitrogens with two attached hydrogens (primary N) is 1. The Balaban J connectivity index is 1.70. The number of nitrogens with one attached hydrogen (secondary N) is 1. The zero-order valence-electron chi connectivity index (χ0n) is 21.3. The Labute approximate surface area is 217 Å². The number of sulfonamides is 1. The lowest BCUT2D eigenvalue weighted by Gasteiger charge is -2.51. The van der Waals surface area contributed by atoms with Crippen molar-refractivity contribution in [1.29, 1.82) is 0 Å². The zero-order chi connectivity index (χ0) is 27.1. The predicted octanol–water partition coefficient (Wildman–Crippen LogP) is 3.34. The third-order valence-corrected chi connectivity index (χ3v) is 8.23. The number of piperidine rings is 1. The molecule has 2 amide bonds. The van der Waals surface area contributed by atoms with Gasteiger partial charge in [0, 0.05) is 41.1 Å². The van der Waals surface area contributed by atoms with Gasteiger partial charge in [-0.1, -0.05) is 43.6 Å². The summed E-state index contributed by atoms with van der Waals surface area (Å²) in [5.41, 5.74) is -1.33. The maximum Gasteiger partial charge on any atom is 0.251 e. The molecule has 4 N–H and O–H groups in total. The van der Waals surface area contributed by atoms with Gasteiger partial charge in [-0.05, 0) is 62.6 Å². The highest BCUT2D eigenvalue weighted by Crippen LogP contribution is 2.46. The number of hydrogen-bond acceptors (Lipinski definition) is 5. The average molecular weight is 536 g/mol. The molecule has 0 radical (unpaired) electrons. The molecule has 0 bridgehead atoms. The summed E-state index contributed by atoms with van der Waals surface area (Å²) in [7, 11) is -3.98. The molecule has 0 saturated carbocycles. The van der Waals surface area contributed by atoms with Crippen molar-refractivity contribution >= 4 is 33.4 Å². The van der Waals surface area contributed by atoms with E-state index in [0.29, 0.717) is 30.1 Å². The smallest absolute Gasteiger partial charge is 0.251 e. The van der Waals surface area contributed by atoms with Crippen molar-refractivity contribution in [3.05, 3.63) is 64.2 Å². The average Bonchev–Trinajstić information content (AvgIpc) is 2.74. The predicted molar refractivity (Wildman–Crippen MR) is 139 cm³/mol. The second kappa shape index (κ2) is 9.78. The van der Waals surface area contributed by atoms with Crippen LogP contribution >= 0.6 is 11.6 Å². The van der Waals surface area contributed by atoms with Gasteiger partial charge in [0.2, 0.25) is 15.9 Å². The van der Waals surface area contributed by atoms with Crippen LogP contribution in [-0.4, -0.2) is 48.9 Å². The summed E-state index contributed by atoms with van der Waals surface area (Å²) in [6.45, 7) is 9.61. The molecule has 1 aliphatic rings. The van der Waals surface area contributed by atoms with Gasteiger partial charge < -0.3 is 15.3 Å². The van der Waals surface area contributed by atoms with E-state index >= 15 is 0 Å². The standard InChI is InChI=1S/C26H34ClN3O5S/c1-17-6-7-18(14-21(17)36(28,34)35)23(32)29-25(4,5)15-22(31)30-13-12-26(33,24(2,3)16-30)19-8-10-20(27)11-9-19/h6-11,14,33H,12-13,15-16H2,1-5H3,(H,29,32)(H2,28,34,35)/t26-/m0/s1. The van der Waals surface area contributed by atoms with Crippen molar-refractivity contribution < 1.29 is 23.1 Å². The molecule has 0 aliphatic carbocycles. The minimum Gasteiger partial charge on any atom is -0.384 e. The molecule has 1 saturated heterocycles. The van der Waals surface area contributed by atoms with Crippen LogP contribution in [0.4, 0.5) is 0 Å². The van der Waals surface area contributed by atoms with E-state index in [1.54, 1.807) is 37.8 Å². The SMILES string of the molecule is Cc1ccc(C(=O)NC(C)(C)CC(=O)N2CC[C@](O)(c3ccc(Cl)cc3)C(C)(C)C2)cc1S(N)(=O)=O. The normalized spacial score (nSPS) is 20.2. The Kier molecular flexibility index (Phi) is 7.64. The molecule has 2 aromatic rings. The summed E-state index contributed by atoms with van der Waals surface area (Å²) in [4.78, 5) is 27.7. The third-order valence-electron chi connectivity index (χ3n) is 6.93. The summed E-state index contributed by atoms with van der Waals surface area (Å²) in [6.07, 6.45) is 0.391. The number of hydrogen-bond donors (Lipinski definition) is 3. The Morgan fingerprint density at radius 2 is 1.78 bits per heavy atom. The van der Waals surface area contributed by atoms with E-state index in [1.807, 2.05) is 26.0 Å². The maximum absolute atomic E-state index is 13.2. The fraction of sp³-hybridized carbons (Fsp3) is 0.462. The molecule has 0 aromatic heterocycles. The molecule has 10 heteroatoms. The molecule has 1 fully saturated rings. The lowest BCUT2D eigenvalue weighted by molar-refractivity contribution is -0.154. The zero-order valence-corrected chi connectivity index (χ0v) is 22.8. The maximum atomic E-state index is 13.2. The quantitative estimate of drug-likeness (QED) is 0.522. The number of primary sulfonamides is 1. The van der Waals surface area contributed by atoms with Gasteiger partial charge in [0.05, 0.1) is 10.5 Å². The van der Waals surface area contributed by atoms with Crippen molar-refractivity contribution in [3.8, 4) is 0 Å². The number of carbonyl (C=O) groups is 2. The minimum absolute atomic E-state index is 0.0299. The highest BCUT2D eigenvalue weighted by molar-refractivity contribution is 7.89. The van der Waals surface area contributed by atoms with Crippen LogP contribution in [0.3, 0.4) is 0 Å². The topological polar surface area (TPSA) is 130 Å². The van der Waals surface area contributed by atoms with Crippen molar-refractivity contribution in [1.82, 2.24) is 10.2 Å². The number of rotatable bonds is 6. The van der Waals surface area contributed by atoms with Crippen LogP contribution < -0.4 is 10.5 Å². The van der Waals surface area contributed by atoms with E-state index < -0.39 is 32.5 Å². The number of nitrogens with zero attached hydrogens (tertiary/aromatic N) is 1. The van der Waals surface area contributed by atoms with Gasteiger partial charge in [-0.2, -0.15) is 0 Å². The molecule has 1 atom stereocenters. The Morgan fingerprint density at radius 1 is 1.17 bits per heavy atom. The van der Waals surface area contributed by atoms with Crippen LogP contribution in [0.5, 0.6) is 0 Å². The first-order chi connectivity index (χ1) is 16.4. The monoisotopic (exact) mass is 535 g/mol. The van der Waals surface area contributed by atoms with Crippen molar-refractivity contribution in [3.63, 3.8) is 0 Å². The van der Waals surface area contributed by atoms with E-state index in [9.17, 15) is 23.1 Å². The number of halogens is 1. The number of benzene rings is 2. The Bertz CT molecular complexity index is 1270. The van der Waals surface area contributed by atoms with E-state index in [2.05, 4.69) is 5.32 Å². The summed E-state index contributed by atoms with van der Waals surface area (Å²) in [6, 6.07) is 11.4. The molecule has 1 aliphatic heterocycles. The lowest BCUT2D eigenvalue weighted by atomic mass is 9.66. The Morgan fingerprint density at radius 3 is 2.33 bits per heavy atom. The van der Waals surface area contributed by atoms with Crippen LogP contribution in [0.2, 0.25) is 5.02 Å². The molecular weight excluding hydrogens is 502 g/mol. The molecule has 196 valence electrons. The first-order valence-electron chi connectivity index (χ1n) is 11.7. The fourth-order valence-electron chi connectivity index (χ4n) is 4.76. The van der Waals surface area contributed by atoms with Crippen molar-refractivity contribution in [2.24, 2.45) is 10.6 Å². The number of carbonyl (C=O) groups excluding carboxylic acids is 2. The van der Waals surface area contributed by atoms with Gasteiger partial charge in [0.15, 0.2) is 0 Å². The largest absolute Gasteiger partial charge is 0.384 e. The second-order valence-electron chi connectivity index (χ2n) is 10.9. The first kappa shape index (κ1) is 28.1. The molecule has 0 unspecified atom stereocenters. The van der Waals surface area contributed by atoms with Gasteiger partial charge in [0.1, 0.15) is 0 Å². The number of likely N-dealkylation sites (tertiary alicyclic amines) is 1. The molecule has 0 spiro atoms. The molecular formula is C26H34ClN3O5S. The number of aliphatic hydroxyl groups is 1. The number of amides is 2. The lowest BCUT2D eigenvalue weighted by Crippen LogP contribution is -2.58. The Hall–Kier alpha value is -2.46. The van der Waals surface area contributed by atoms with Crippen molar-refractivity contribution in [2.45, 2.75) is 63.5 Å². The van der Waals surface area contributed by atoms with Gasteiger partial charge in [-0.25, -0.2) is 13.6 Å². The van der Waals surface area contributed by atoms with E-state index in [4.69, 9.17) is 16.7 Å². The number of aryl methyl sites for hydroxylation is 1. The highest BCUT2D eigenvalue weighted by Gasteiger charge is 2.49. The molecule has 2 aromatic carbocycles. The first-order valence-corrected chi connectivity index (χ1v) is 13.6. The van der Waals surface area contributed by atoms with E-state index in [1.165, 1.54) is 18.2 Å². The van der Waals surface area contributed by atoms with E-state index in [-0.39, 0.29) is 22.8 Å². The van der Waals surface area contributed by atoms with Crippen LogP contribution in [0.25, 0.3) is 0 Å². The molecule has 8 nitrogen and oxygen atoms in total.